The normalized spacial score (nSPS) is 15.1. The summed E-state index contributed by atoms with van der Waals surface area (Å²) in [6.07, 6.45) is 3.76. The zero-order chi connectivity index (χ0) is 10.4. The third-order valence-corrected chi connectivity index (χ3v) is 1.97. The number of aliphatic hydroxyl groups excluding tert-OH is 1. The van der Waals surface area contributed by atoms with E-state index in [1.165, 1.54) is 6.33 Å². The van der Waals surface area contributed by atoms with Gasteiger partial charge in [0, 0.05) is 18.8 Å². The van der Waals surface area contributed by atoms with Crippen molar-refractivity contribution < 1.29 is 5.11 Å². The fourth-order valence-electron chi connectivity index (χ4n) is 1.30. The molecule has 0 radical (unpaired) electrons. The van der Waals surface area contributed by atoms with Gasteiger partial charge in [-0.2, -0.15) is 0 Å². The van der Waals surface area contributed by atoms with Crippen LogP contribution in [0.5, 0.6) is 0 Å². The Balaban J connectivity index is 2.27. The van der Waals surface area contributed by atoms with E-state index < -0.39 is 0 Å². The van der Waals surface area contributed by atoms with Gasteiger partial charge in [0.1, 0.15) is 6.33 Å². The van der Waals surface area contributed by atoms with Crippen molar-refractivity contribution in [3.63, 3.8) is 0 Å². The van der Waals surface area contributed by atoms with Gasteiger partial charge in [0.05, 0.1) is 11.8 Å². The van der Waals surface area contributed by atoms with E-state index in [0.717, 1.165) is 18.7 Å². The van der Waals surface area contributed by atoms with Gasteiger partial charge in [0.2, 0.25) is 0 Å². The molecule has 1 aromatic rings. The van der Waals surface area contributed by atoms with Gasteiger partial charge < -0.3 is 10.4 Å². The number of rotatable bonds is 5. The number of aliphatic hydroxyl groups is 1. The van der Waals surface area contributed by atoms with E-state index in [1.54, 1.807) is 13.1 Å². The summed E-state index contributed by atoms with van der Waals surface area (Å²) in [6.45, 7) is 4.56. The lowest BCUT2D eigenvalue weighted by Gasteiger charge is -2.14. The molecule has 0 saturated carbocycles. The van der Waals surface area contributed by atoms with Gasteiger partial charge in [0.15, 0.2) is 0 Å². The largest absolute Gasteiger partial charge is 0.393 e. The maximum Gasteiger partial charge on any atom is 0.115 e. The summed E-state index contributed by atoms with van der Waals surface area (Å²) in [7, 11) is 0. The monoisotopic (exact) mass is 195 g/mol. The molecule has 0 aliphatic rings. The van der Waals surface area contributed by atoms with E-state index in [2.05, 4.69) is 15.3 Å². The number of nitrogens with one attached hydrogen (secondary N) is 1. The van der Waals surface area contributed by atoms with Crippen molar-refractivity contribution in [1.29, 1.82) is 0 Å². The Morgan fingerprint density at radius 2 is 2.29 bits per heavy atom. The summed E-state index contributed by atoms with van der Waals surface area (Å²) in [6, 6.07) is 2.17. The lowest BCUT2D eigenvalue weighted by Crippen LogP contribution is -2.29. The fraction of sp³-hybridized carbons (Fsp3) is 0.600. The van der Waals surface area contributed by atoms with E-state index >= 15 is 0 Å². The maximum atomic E-state index is 9.15. The van der Waals surface area contributed by atoms with Crippen molar-refractivity contribution in [3.8, 4) is 0 Å². The molecule has 0 aliphatic carbocycles. The van der Waals surface area contributed by atoms with Crippen LogP contribution >= 0.6 is 0 Å². The molecule has 0 spiro atoms. The average Bonchev–Trinajstić information content (AvgIpc) is 2.15. The molecule has 78 valence electrons. The van der Waals surface area contributed by atoms with Gasteiger partial charge in [-0.15, -0.1) is 0 Å². The van der Waals surface area contributed by atoms with Crippen molar-refractivity contribution in [2.24, 2.45) is 0 Å². The first kappa shape index (κ1) is 11.1. The lowest BCUT2D eigenvalue weighted by atomic mass is 10.1. The number of aromatic nitrogens is 2. The zero-order valence-corrected chi connectivity index (χ0v) is 8.64. The SMILES string of the molecule is CC(O)CC(C)NCc1ccncn1. The third kappa shape index (κ3) is 4.30. The summed E-state index contributed by atoms with van der Waals surface area (Å²) in [4.78, 5) is 7.94. The Hall–Kier alpha value is -1.00. The van der Waals surface area contributed by atoms with Gasteiger partial charge >= 0.3 is 0 Å². The number of hydrogen-bond donors (Lipinski definition) is 2. The highest BCUT2D eigenvalue weighted by Crippen LogP contribution is 1.98. The van der Waals surface area contributed by atoms with Crippen molar-refractivity contribution in [2.45, 2.75) is 39.0 Å². The Labute approximate surface area is 84.4 Å². The minimum Gasteiger partial charge on any atom is -0.393 e. The van der Waals surface area contributed by atoms with Crippen LogP contribution in [0.4, 0.5) is 0 Å². The van der Waals surface area contributed by atoms with Crippen LogP contribution < -0.4 is 5.32 Å². The molecule has 0 bridgehead atoms. The Morgan fingerprint density at radius 3 is 2.86 bits per heavy atom. The van der Waals surface area contributed by atoms with Crippen LogP contribution in [0.2, 0.25) is 0 Å². The van der Waals surface area contributed by atoms with Crippen LogP contribution in [0.15, 0.2) is 18.6 Å². The molecule has 1 heterocycles. The highest BCUT2D eigenvalue weighted by atomic mass is 16.3. The highest BCUT2D eigenvalue weighted by molar-refractivity contribution is 4.97. The molecular formula is C10H17N3O. The molecule has 0 fully saturated rings. The minimum atomic E-state index is -0.261. The summed E-state index contributed by atoms with van der Waals surface area (Å²) in [5.41, 5.74) is 0.970. The molecule has 4 nitrogen and oxygen atoms in total. The second-order valence-corrected chi connectivity index (χ2v) is 3.57. The first-order valence-corrected chi connectivity index (χ1v) is 4.85. The van der Waals surface area contributed by atoms with Crippen molar-refractivity contribution in [2.75, 3.05) is 0 Å². The summed E-state index contributed by atoms with van der Waals surface area (Å²) >= 11 is 0. The third-order valence-electron chi connectivity index (χ3n) is 1.97. The van der Waals surface area contributed by atoms with Gasteiger partial charge in [0.25, 0.3) is 0 Å². The van der Waals surface area contributed by atoms with Gasteiger partial charge in [-0.1, -0.05) is 0 Å². The van der Waals surface area contributed by atoms with Crippen molar-refractivity contribution >= 4 is 0 Å². The standard InChI is InChI=1S/C10H17N3O/c1-8(5-9(2)14)12-6-10-3-4-11-7-13-10/h3-4,7-9,12,14H,5-6H2,1-2H3. The molecule has 1 aromatic heterocycles. The molecule has 0 aromatic carbocycles. The van der Waals surface area contributed by atoms with Gasteiger partial charge in [-0.25, -0.2) is 9.97 Å². The molecule has 0 saturated heterocycles. The molecule has 0 aliphatic heterocycles. The first-order valence-electron chi connectivity index (χ1n) is 4.85. The van der Waals surface area contributed by atoms with Crippen LogP contribution in [0.3, 0.4) is 0 Å². The first-order chi connectivity index (χ1) is 6.68. The number of hydrogen-bond acceptors (Lipinski definition) is 4. The van der Waals surface area contributed by atoms with Crippen LogP contribution in [-0.2, 0) is 6.54 Å². The molecular weight excluding hydrogens is 178 g/mol. The Kier molecular flexibility index (Phi) is 4.49. The second-order valence-electron chi connectivity index (χ2n) is 3.57. The summed E-state index contributed by atoms with van der Waals surface area (Å²) in [5, 5.41) is 12.4. The smallest absolute Gasteiger partial charge is 0.115 e. The molecule has 2 N–H and O–H groups in total. The topological polar surface area (TPSA) is 58.0 Å². The van der Waals surface area contributed by atoms with E-state index in [4.69, 9.17) is 5.11 Å². The van der Waals surface area contributed by atoms with Crippen molar-refractivity contribution in [1.82, 2.24) is 15.3 Å². The molecule has 1 rings (SSSR count). The minimum absolute atomic E-state index is 0.261. The van der Waals surface area contributed by atoms with Crippen LogP contribution in [0.25, 0.3) is 0 Å². The number of nitrogens with zero attached hydrogens (tertiary/aromatic N) is 2. The second kappa shape index (κ2) is 5.67. The highest BCUT2D eigenvalue weighted by Gasteiger charge is 2.05. The molecule has 14 heavy (non-hydrogen) atoms. The molecule has 2 atom stereocenters. The van der Waals surface area contributed by atoms with Crippen LogP contribution in [0, 0.1) is 0 Å². The summed E-state index contributed by atoms with van der Waals surface area (Å²) < 4.78 is 0. The van der Waals surface area contributed by atoms with Crippen molar-refractivity contribution in [3.05, 3.63) is 24.3 Å². The molecule has 0 amide bonds. The van der Waals surface area contributed by atoms with Gasteiger partial charge in [-0.3, -0.25) is 0 Å². The quantitative estimate of drug-likeness (QED) is 0.727. The van der Waals surface area contributed by atoms with E-state index in [1.807, 2.05) is 13.0 Å². The van der Waals surface area contributed by atoms with E-state index in [9.17, 15) is 0 Å². The van der Waals surface area contributed by atoms with Crippen LogP contribution in [-0.4, -0.2) is 27.2 Å². The summed E-state index contributed by atoms with van der Waals surface area (Å²) in [5.74, 6) is 0. The zero-order valence-electron chi connectivity index (χ0n) is 8.64. The fourth-order valence-corrected chi connectivity index (χ4v) is 1.30. The maximum absolute atomic E-state index is 9.15. The van der Waals surface area contributed by atoms with E-state index in [0.29, 0.717) is 6.04 Å². The predicted octanol–water partition coefficient (Wildman–Crippen LogP) is 0.726. The predicted molar refractivity (Wildman–Crippen MR) is 54.6 cm³/mol. The molecule has 2 unspecified atom stereocenters. The lowest BCUT2D eigenvalue weighted by molar-refractivity contribution is 0.170. The molecule has 4 heteroatoms. The average molecular weight is 195 g/mol. The Bertz CT molecular complexity index is 251. The Morgan fingerprint density at radius 1 is 1.50 bits per heavy atom. The van der Waals surface area contributed by atoms with Crippen LogP contribution in [0.1, 0.15) is 26.0 Å². The van der Waals surface area contributed by atoms with Gasteiger partial charge in [-0.05, 0) is 26.3 Å². The van der Waals surface area contributed by atoms with E-state index in [-0.39, 0.29) is 6.10 Å².